The Morgan fingerprint density at radius 1 is 0.410 bits per heavy atom. The fourth-order valence-corrected chi connectivity index (χ4v) is 9.29. The fraction of sp³-hybridized carbons (Fsp3) is 0. The monoisotopic (exact) mass is 784 g/mol. The molecule has 0 saturated heterocycles. The summed E-state index contributed by atoms with van der Waals surface area (Å²) in [4.78, 5) is 26.0. The molecule has 11 aromatic rings. The number of fused-ring (bicyclic) bond motifs is 6. The summed E-state index contributed by atoms with van der Waals surface area (Å²) in [7, 11) is 32.6. The molecule has 10 radical (unpaired) electrons. The van der Waals surface area contributed by atoms with Crippen LogP contribution in [0.15, 0.2) is 152 Å². The quantitative estimate of drug-likeness (QED) is 0.182. The van der Waals surface area contributed by atoms with E-state index in [0.29, 0.717) is 40.1 Å². The normalized spacial score (nSPS) is 11.6. The van der Waals surface area contributed by atoms with Gasteiger partial charge in [-0.15, -0.1) is 27.7 Å². The predicted molar refractivity (Wildman–Crippen MR) is 257 cm³/mol. The van der Waals surface area contributed by atoms with Gasteiger partial charge in [-0.3, -0.25) is 0 Å². The summed E-state index contributed by atoms with van der Waals surface area (Å²) in [6, 6.07) is 50.9. The van der Waals surface area contributed by atoms with Gasteiger partial charge < -0.3 is 4.57 Å². The summed E-state index contributed by atoms with van der Waals surface area (Å²) in [6.07, 6.45) is 0. The molecule has 0 N–H and O–H groups in total. The van der Waals surface area contributed by atoms with Crippen LogP contribution in [0.1, 0.15) is 0 Å². The van der Waals surface area contributed by atoms with Crippen molar-refractivity contribution < 1.29 is 0 Å². The third-order valence-electron chi connectivity index (χ3n) is 11.2. The third kappa shape index (κ3) is 6.04. The first-order chi connectivity index (χ1) is 29.8. The first kappa shape index (κ1) is 37.0. The summed E-state index contributed by atoms with van der Waals surface area (Å²) < 4.78 is 4.07. The molecule has 6 nitrogen and oxygen atoms in total. The molecule has 0 aliphatic heterocycles. The number of benzene rings is 7. The van der Waals surface area contributed by atoms with Gasteiger partial charge in [0.05, 0.1) is 32.6 Å². The van der Waals surface area contributed by atoms with E-state index in [0.717, 1.165) is 64.5 Å². The Bertz CT molecular complexity index is 3410. The van der Waals surface area contributed by atoms with Gasteiger partial charge in [0.25, 0.3) is 0 Å². The maximum atomic E-state index is 6.73. The minimum atomic E-state index is 0.132. The van der Waals surface area contributed by atoms with E-state index < -0.39 is 0 Å². The van der Waals surface area contributed by atoms with Gasteiger partial charge in [0, 0.05) is 43.1 Å². The van der Waals surface area contributed by atoms with Crippen molar-refractivity contribution in [2.45, 2.75) is 0 Å². The van der Waals surface area contributed by atoms with Gasteiger partial charge in [-0.25, -0.2) is 24.9 Å². The second-order valence-corrected chi connectivity index (χ2v) is 15.8. The molecule has 61 heavy (non-hydrogen) atoms. The first-order valence-corrected chi connectivity index (χ1v) is 20.4. The molecule has 7 aromatic carbocycles. The Morgan fingerprint density at radius 3 is 1.51 bits per heavy atom. The highest BCUT2D eigenvalue weighted by Gasteiger charge is 2.24. The minimum absolute atomic E-state index is 0.132. The van der Waals surface area contributed by atoms with Crippen LogP contribution in [0.25, 0.3) is 105 Å². The second-order valence-electron chi connectivity index (χ2n) is 14.8. The van der Waals surface area contributed by atoms with Crippen LogP contribution in [0.2, 0.25) is 0 Å². The first-order valence-electron chi connectivity index (χ1n) is 19.5. The van der Waals surface area contributed by atoms with Crippen molar-refractivity contribution >= 4 is 120 Å². The number of para-hydroxylation sites is 2. The van der Waals surface area contributed by atoms with Crippen LogP contribution in [0.4, 0.5) is 0 Å². The Hall–Kier alpha value is -7.03. The Morgan fingerprint density at radius 2 is 0.902 bits per heavy atom. The molecule has 0 bridgehead atoms. The van der Waals surface area contributed by atoms with Crippen molar-refractivity contribution in [1.29, 1.82) is 0 Å². The van der Waals surface area contributed by atoms with Gasteiger partial charge in [0.15, 0.2) is 23.3 Å². The average molecular weight is 784 g/mol. The van der Waals surface area contributed by atoms with Gasteiger partial charge in [0.2, 0.25) is 0 Å². The van der Waals surface area contributed by atoms with E-state index >= 15 is 0 Å². The van der Waals surface area contributed by atoms with Crippen LogP contribution in [-0.2, 0) is 0 Å². The molecule has 272 valence electrons. The van der Waals surface area contributed by atoms with Crippen molar-refractivity contribution in [3.63, 3.8) is 0 Å². The van der Waals surface area contributed by atoms with Gasteiger partial charge >= 0.3 is 0 Å². The Kier molecular flexibility index (Phi) is 8.86. The van der Waals surface area contributed by atoms with Crippen LogP contribution < -0.4 is 27.3 Å². The lowest BCUT2D eigenvalue weighted by molar-refractivity contribution is 1.06. The fourth-order valence-electron chi connectivity index (χ4n) is 8.15. The molecular formula is C49H25B5N6S. The SMILES string of the molecule is [B]c1c([B])c([B])c(-c2nc(-c3ccc(-n4c5ccccc5c5ccccc54)c(-c4nc(-c5ccccc5)nc(-c5ccccc5)n4)c3)nc3c2sc2ccccc23)c([B])c1[B]. The molecular weight excluding hydrogens is 759 g/mol. The summed E-state index contributed by atoms with van der Waals surface area (Å²) in [6.45, 7) is 0. The molecule has 12 heteroatoms. The highest BCUT2D eigenvalue weighted by atomic mass is 32.1. The van der Waals surface area contributed by atoms with Crippen LogP contribution in [0, 0.1) is 0 Å². The van der Waals surface area contributed by atoms with E-state index in [9.17, 15) is 0 Å². The van der Waals surface area contributed by atoms with Crippen LogP contribution in [0.3, 0.4) is 0 Å². The molecule has 0 amide bonds. The van der Waals surface area contributed by atoms with E-state index in [2.05, 4.69) is 71.3 Å². The van der Waals surface area contributed by atoms with Gasteiger partial charge in [0.1, 0.15) is 39.2 Å². The topological polar surface area (TPSA) is 69.4 Å². The zero-order chi connectivity index (χ0) is 41.4. The van der Waals surface area contributed by atoms with Crippen LogP contribution >= 0.6 is 11.3 Å². The highest BCUT2D eigenvalue weighted by molar-refractivity contribution is 7.26. The van der Waals surface area contributed by atoms with Crippen molar-refractivity contribution in [3.8, 4) is 62.5 Å². The smallest absolute Gasteiger partial charge is 0.166 e. The van der Waals surface area contributed by atoms with Crippen LogP contribution in [0.5, 0.6) is 0 Å². The molecule has 0 aliphatic rings. The number of aromatic nitrogens is 6. The minimum Gasteiger partial charge on any atom is -0.309 e. The van der Waals surface area contributed by atoms with E-state index in [1.54, 1.807) is 11.3 Å². The zero-order valence-electron chi connectivity index (χ0n) is 32.4. The van der Waals surface area contributed by atoms with Crippen molar-refractivity contribution in [1.82, 2.24) is 29.5 Å². The lowest BCUT2D eigenvalue weighted by Crippen LogP contribution is -2.55. The molecule has 0 atom stereocenters. The Balaban J connectivity index is 1.24. The van der Waals surface area contributed by atoms with Crippen molar-refractivity contribution in [2.75, 3.05) is 0 Å². The predicted octanol–water partition coefficient (Wildman–Crippen LogP) is 6.43. The molecule has 11 rings (SSSR count). The molecule has 4 heterocycles. The average Bonchev–Trinajstić information content (AvgIpc) is 3.86. The number of nitrogens with zero attached hydrogens (tertiary/aromatic N) is 6. The highest BCUT2D eigenvalue weighted by Crippen LogP contribution is 2.41. The third-order valence-corrected chi connectivity index (χ3v) is 12.3. The molecule has 0 fully saturated rings. The number of thiophene rings is 1. The molecule has 0 spiro atoms. The van der Waals surface area contributed by atoms with Crippen molar-refractivity contribution in [2.24, 2.45) is 0 Å². The largest absolute Gasteiger partial charge is 0.309 e. The van der Waals surface area contributed by atoms with Crippen LogP contribution in [-0.4, -0.2) is 68.7 Å². The number of rotatable bonds is 6. The number of hydrogen-bond acceptors (Lipinski definition) is 6. The van der Waals surface area contributed by atoms with Gasteiger partial charge in [-0.1, -0.05) is 126 Å². The van der Waals surface area contributed by atoms with E-state index in [1.807, 2.05) is 84.9 Å². The lowest BCUT2D eigenvalue weighted by Gasteiger charge is -2.21. The summed E-state index contributed by atoms with van der Waals surface area (Å²) in [5.74, 6) is 1.98. The summed E-state index contributed by atoms with van der Waals surface area (Å²) >= 11 is 1.54. The standard InChI is InChI=1S/C49H25B5N6S/c50-38-37(39(51)41(53)42(54)40(38)52)44-45-43(31-19-9-12-22-36(31)61-45)55-48(56-44)28-23-24-35(60-33-20-10-7-17-29(33)30-18-8-11-21-34(30)60)32(25-28)49-58-46(26-13-3-1-4-14-26)57-47(59-49)27-15-5-2-6-16-27/h1-25H. The lowest BCUT2D eigenvalue weighted by atomic mass is 9.60. The molecule has 0 aliphatic carbocycles. The summed E-state index contributed by atoms with van der Waals surface area (Å²) in [5, 5.41) is 3.21. The Labute approximate surface area is 361 Å². The second kappa shape index (κ2) is 14.6. The number of hydrogen-bond donors (Lipinski definition) is 0. The van der Waals surface area contributed by atoms with E-state index in [4.69, 9.17) is 64.2 Å². The maximum absolute atomic E-state index is 6.73. The summed E-state index contributed by atoms with van der Waals surface area (Å²) in [5.41, 5.74) is 8.55. The zero-order valence-corrected chi connectivity index (χ0v) is 33.2. The molecule has 4 aromatic heterocycles. The van der Waals surface area contributed by atoms with Gasteiger partial charge in [-0.2, -0.15) is 0 Å². The molecule has 0 unspecified atom stereocenters. The maximum Gasteiger partial charge on any atom is 0.166 e. The molecule has 0 saturated carbocycles. The van der Waals surface area contributed by atoms with Gasteiger partial charge in [-0.05, 0) is 42.0 Å². The van der Waals surface area contributed by atoms with Crippen molar-refractivity contribution in [3.05, 3.63) is 152 Å². The van der Waals surface area contributed by atoms with E-state index in [-0.39, 0.29) is 27.3 Å². The van der Waals surface area contributed by atoms with E-state index in [1.165, 1.54) is 0 Å².